The predicted octanol–water partition coefficient (Wildman–Crippen LogP) is 2.00. The fraction of sp³-hybridized carbons (Fsp3) is 0.846. The van der Waals surface area contributed by atoms with E-state index in [1.165, 1.54) is 12.8 Å². The first-order valence-corrected chi connectivity index (χ1v) is 6.39. The van der Waals surface area contributed by atoms with Crippen LogP contribution in [0.15, 0.2) is 0 Å². The van der Waals surface area contributed by atoms with Crippen LogP contribution in [0.5, 0.6) is 0 Å². The summed E-state index contributed by atoms with van der Waals surface area (Å²) in [5, 5.41) is 11.2. The fourth-order valence-electron chi connectivity index (χ4n) is 2.23. The van der Waals surface area contributed by atoms with Crippen LogP contribution in [-0.2, 0) is 9.53 Å². The highest BCUT2D eigenvalue weighted by molar-refractivity contribution is 5.77. The van der Waals surface area contributed by atoms with Crippen LogP contribution < -0.4 is 5.32 Å². The maximum absolute atomic E-state index is 11.5. The van der Waals surface area contributed by atoms with Gasteiger partial charge in [0, 0.05) is 6.04 Å². The highest BCUT2D eigenvalue weighted by Crippen LogP contribution is 2.25. The number of hydrogen-bond donors (Lipinski definition) is 1. The van der Waals surface area contributed by atoms with Crippen molar-refractivity contribution in [2.45, 2.75) is 58.1 Å². The summed E-state index contributed by atoms with van der Waals surface area (Å²) in [5.41, 5.74) is 0. The van der Waals surface area contributed by atoms with Gasteiger partial charge in [-0.3, -0.25) is 4.79 Å². The number of nitriles is 1. The van der Waals surface area contributed by atoms with Crippen molar-refractivity contribution in [3.63, 3.8) is 0 Å². The maximum atomic E-state index is 11.5. The molecule has 0 radical (unpaired) electrons. The number of ether oxygens (including phenoxy) is 1. The molecule has 0 aromatic rings. The Kier molecular flexibility index (Phi) is 5.99. The lowest BCUT2D eigenvalue weighted by Crippen LogP contribution is -2.36. The molecule has 0 aromatic carbocycles. The topological polar surface area (TPSA) is 62.1 Å². The predicted molar refractivity (Wildman–Crippen MR) is 65.2 cm³/mol. The SMILES string of the molecule is C[C@@H]1CCC[C@H](OCC(=O)N[C@@H](C)CC#N)C1. The summed E-state index contributed by atoms with van der Waals surface area (Å²) in [4.78, 5) is 11.5. The molecule has 1 aliphatic rings. The fourth-order valence-corrected chi connectivity index (χ4v) is 2.23. The lowest BCUT2D eigenvalue weighted by molar-refractivity contribution is -0.129. The molecule has 0 aromatic heterocycles. The first-order chi connectivity index (χ1) is 8.11. The molecule has 1 aliphatic carbocycles. The van der Waals surface area contributed by atoms with Gasteiger partial charge in [-0.25, -0.2) is 0 Å². The van der Waals surface area contributed by atoms with Crippen LogP contribution in [0.2, 0.25) is 0 Å². The zero-order chi connectivity index (χ0) is 12.7. The number of amides is 1. The van der Waals surface area contributed by atoms with E-state index in [-0.39, 0.29) is 24.7 Å². The van der Waals surface area contributed by atoms with Gasteiger partial charge in [-0.1, -0.05) is 19.8 Å². The van der Waals surface area contributed by atoms with E-state index in [2.05, 4.69) is 12.2 Å². The lowest BCUT2D eigenvalue weighted by Gasteiger charge is -2.26. The first kappa shape index (κ1) is 14.0. The van der Waals surface area contributed by atoms with Gasteiger partial charge >= 0.3 is 0 Å². The zero-order valence-electron chi connectivity index (χ0n) is 10.7. The number of carbonyl (C=O) groups is 1. The molecule has 1 rings (SSSR count). The third-order valence-electron chi connectivity index (χ3n) is 3.14. The molecular formula is C13H22N2O2. The van der Waals surface area contributed by atoms with Gasteiger partial charge < -0.3 is 10.1 Å². The second-order valence-electron chi connectivity index (χ2n) is 5.04. The summed E-state index contributed by atoms with van der Waals surface area (Å²) in [6.45, 7) is 4.17. The molecule has 0 aliphatic heterocycles. The van der Waals surface area contributed by atoms with Gasteiger partial charge in [0.15, 0.2) is 0 Å². The van der Waals surface area contributed by atoms with Crippen LogP contribution in [0.3, 0.4) is 0 Å². The summed E-state index contributed by atoms with van der Waals surface area (Å²) in [6.07, 6.45) is 5.15. The largest absolute Gasteiger partial charge is 0.368 e. The molecular weight excluding hydrogens is 216 g/mol. The van der Waals surface area contributed by atoms with Gasteiger partial charge in [-0.15, -0.1) is 0 Å². The molecule has 0 saturated heterocycles. The zero-order valence-corrected chi connectivity index (χ0v) is 10.7. The van der Waals surface area contributed by atoms with Crippen molar-refractivity contribution in [3.8, 4) is 6.07 Å². The van der Waals surface area contributed by atoms with Crippen molar-refractivity contribution in [1.29, 1.82) is 5.26 Å². The van der Waals surface area contributed by atoms with Gasteiger partial charge in [-0.05, 0) is 25.7 Å². The molecule has 0 bridgehead atoms. The van der Waals surface area contributed by atoms with Crippen molar-refractivity contribution < 1.29 is 9.53 Å². The minimum absolute atomic E-state index is 0.0959. The van der Waals surface area contributed by atoms with Gasteiger partial charge in [0.2, 0.25) is 5.91 Å². The Morgan fingerprint density at radius 1 is 1.59 bits per heavy atom. The van der Waals surface area contributed by atoms with Crippen LogP contribution in [-0.4, -0.2) is 24.7 Å². The molecule has 1 saturated carbocycles. The second kappa shape index (κ2) is 7.29. The Balaban J connectivity index is 2.17. The normalized spacial score (nSPS) is 25.9. The highest BCUT2D eigenvalue weighted by atomic mass is 16.5. The molecule has 3 atom stereocenters. The number of nitrogens with one attached hydrogen (secondary N) is 1. The number of hydrogen-bond acceptors (Lipinski definition) is 3. The van der Waals surface area contributed by atoms with E-state index in [9.17, 15) is 4.79 Å². The summed E-state index contributed by atoms with van der Waals surface area (Å²) in [5.74, 6) is 0.584. The van der Waals surface area contributed by atoms with Gasteiger partial charge in [-0.2, -0.15) is 5.26 Å². The molecule has 17 heavy (non-hydrogen) atoms. The van der Waals surface area contributed by atoms with Crippen molar-refractivity contribution in [2.75, 3.05) is 6.61 Å². The number of rotatable bonds is 5. The maximum Gasteiger partial charge on any atom is 0.246 e. The Morgan fingerprint density at radius 2 is 2.35 bits per heavy atom. The minimum atomic E-state index is -0.119. The van der Waals surface area contributed by atoms with Crippen LogP contribution in [0, 0.1) is 17.2 Å². The van der Waals surface area contributed by atoms with E-state index >= 15 is 0 Å². The van der Waals surface area contributed by atoms with E-state index in [1.54, 1.807) is 0 Å². The molecule has 4 heteroatoms. The van der Waals surface area contributed by atoms with E-state index in [0.29, 0.717) is 12.3 Å². The number of carbonyl (C=O) groups excluding carboxylic acids is 1. The van der Waals surface area contributed by atoms with Crippen LogP contribution in [0.1, 0.15) is 46.0 Å². The smallest absolute Gasteiger partial charge is 0.246 e. The lowest BCUT2D eigenvalue weighted by atomic mass is 9.89. The van der Waals surface area contributed by atoms with Gasteiger partial charge in [0.1, 0.15) is 6.61 Å². The Morgan fingerprint density at radius 3 is 3.00 bits per heavy atom. The Bertz CT molecular complexity index is 286. The molecule has 0 unspecified atom stereocenters. The summed E-state index contributed by atoms with van der Waals surface area (Å²) < 4.78 is 5.60. The van der Waals surface area contributed by atoms with Gasteiger partial charge in [0.25, 0.3) is 0 Å². The van der Waals surface area contributed by atoms with Crippen molar-refractivity contribution in [3.05, 3.63) is 0 Å². The standard InChI is InChI=1S/C13H22N2O2/c1-10-4-3-5-12(8-10)17-9-13(16)15-11(2)6-7-14/h10-12H,3-6,8-9H2,1-2H3,(H,15,16)/t10-,11+,12+/m1/s1. The third-order valence-corrected chi connectivity index (χ3v) is 3.14. The molecule has 0 spiro atoms. The Hall–Kier alpha value is -1.08. The molecule has 1 amide bonds. The highest BCUT2D eigenvalue weighted by Gasteiger charge is 2.20. The van der Waals surface area contributed by atoms with Crippen LogP contribution in [0.4, 0.5) is 0 Å². The number of nitrogens with zero attached hydrogens (tertiary/aromatic N) is 1. The molecule has 0 heterocycles. The van der Waals surface area contributed by atoms with E-state index in [4.69, 9.17) is 10.00 Å². The van der Waals surface area contributed by atoms with Crippen molar-refractivity contribution in [1.82, 2.24) is 5.32 Å². The average Bonchev–Trinajstić information content (AvgIpc) is 2.27. The summed E-state index contributed by atoms with van der Waals surface area (Å²) in [7, 11) is 0. The van der Waals surface area contributed by atoms with Crippen molar-refractivity contribution in [2.24, 2.45) is 5.92 Å². The van der Waals surface area contributed by atoms with Crippen LogP contribution >= 0.6 is 0 Å². The van der Waals surface area contributed by atoms with E-state index in [0.717, 1.165) is 12.8 Å². The Labute approximate surface area is 103 Å². The monoisotopic (exact) mass is 238 g/mol. The molecule has 4 nitrogen and oxygen atoms in total. The summed E-state index contributed by atoms with van der Waals surface area (Å²) in [6, 6.07) is 1.93. The summed E-state index contributed by atoms with van der Waals surface area (Å²) >= 11 is 0. The quantitative estimate of drug-likeness (QED) is 0.796. The third kappa shape index (κ3) is 5.69. The van der Waals surface area contributed by atoms with E-state index < -0.39 is 0 Å². The van der Waals surface area contributed by atoms with Crippen molar-refractivity contribution >= 4 is 5.91 Å². The molecule has 96 valence electrons. The van der Waals surface area contributed by atoms with E-state index in [1.807, 2.05) is 13.0 Å². The average molecular weight is 238 g/mol. The second-order valence-corrected chi connectivity index (χ2v) is 5.04. The molecule has 1 fully saturated rings. The first-order valence-electron chi connectivity index (χ1n) is 6.39. The minimum Gasteiger partial charge on any atom is -0.368 e. The van der Waals surface area contributed by atoms with Crippen LogP contribution in [0.25, 0.3) is 0 Å². The molecule has 1 N–H and O–H groups in total. The van der Waals surface area contributed by atoms with Gasteiger partial charge in [0.05, 0.1) is 18.6 Å².